The summed E-state index contributed by atoms with van der Waals surface area (Å²) >= 11 is 0. The molecule has 162 valence electrons. The number of amides is 1. The molecule has 0 radical (unpaired) electrons. The van der Waals surface area contributed by atoms with E-state index in [1.807, 2.05) is 24.3 Å². The van der Waals surface area contributed by atoms with Gasteiger partial charge in [-0.05, 0) is 55.9 Å². The van der Waals surface area contributed by atoms with E-state index in [0.717, 1.165) is 36.0 Å². The highest BCUT2D eigenvalue weighted by molar-refractivity contribution is 5.70. The number of imidazole rings is 1. The van der Waals surface area contributed by atoms with Crippen LogP contribution in [0.25, 0.3) is 11.2 Å². The molecule has 3 aromatic rings. The van der Waals surface area contributed by atoms with Gasteiger partial charge in [0, 0.05) is 37.6 Å². The van der Waals surface area contributed by atoms with Crippen molar-refractivity contribution in [2.75, 3.05) is 13.1 Å². The number of nitrogens with one attached hydrogen (secondary N) is 1. The van der Waals surface area contributed by atoms with Crippen molar-refractivity contribution >= 4 is 17.3 Å². The van der Waals surface area contributed by atoms with E-state index in [2.05, 4.69) is 15.0 Å². The Bertz CT molecular complexity index is 1150. The van der Waals surface area contributed by atoms with Gasteiger partial charge in [-0.1, -0.05) is 6.07 Å². The van der Waals surface area contributed by atoms with Gasteiger partial charge in [0.2, 0.25) is 0 Å². The summed E-state index contributed by atoms with van der Waals surface area (Å²) in [5.41, 5.74) is 9.23. The lowest BCUT2D eigenvalue weighted by Gasteiger charge is -2.33. The Labute approximate surface area is 179 Å². The summed E-state index contributed by atoms with van der Waals surface area (Å²) in [5.74, 6) is 0. The molecule has 1 aliphatic carbocycles. The van der Waals surface area contributed by atoms with Crippen LogP contribution in [-0.2, 0) is 4.74 Å². The van der Waals surface area contributed by atoms with E-state index in [1.165, 1.54) is 0 Å². The zero-order chi connectivity index (χ0) is 21.4. The predicted octanol–water partition coefficient (Wildman–Crippen LogP) is 2.82. The highest BCUT2D eigenvalue weighted by atomic mass is 16.6. The van der Waals surface area contributed by atoms with E-state index in [1.54, 1.807) is 21.9 Å². The van der Waals surface area contributed by atoms with E-state index in [0.29, 0.717) is 31.6 Å². The molecule has 4 heterocycles. The molecular weight excluding hydrogens is 396 g/mol. The SMILES string of the molecule is N[C@H]1CCC[C@@H](OC(=O)N2CCC(n3c(=O)[nH]c4ncccc43)CC2)c2ncccc21. The molecule has 5 rings (SSSR count). The van der Waals surface area contributed by atoms with Crippen molar-refractivity contribution in [2.45, 2.75) is 50.3 Å². The number of aromatic nitrogens is 4. The summed E-state index contributed by atoms with van der Waals surface area (Å²) in [6, 6.07) is 7.50. The zero-order valence-corrected chi connectivity index (χ0v) is 17.2. The number of hydrogen-bond donors (Lipinski definition) is 2. The second kappa shape index (κ2) is 8.14. The molecule has 0 unspecified atom stereocenters. The molecule has 3 aromatic heterocycles. The minimum absolute atomic E-state index is 0.0211. The molecule has 0 saturated carbocycles. The molecule has 0 spiro atoms. The Morgan fingerprint density at radius 2 is 1.87 bits per heavy atom. The van der Waals surface area contributed by atoms with Gasteiger partial charge in [-0.3, -0.25) is 14.5 Å². The standard InChI is InChI=1S/C22H26N6O3/c23-16-5-1-7-18(19-15(16)4-2-10-24-19)31-22(30)27-12-8-14(9-13-27)28-17-6-3-11-25-20(17)26-21(28)29/h2-4,6,10-11,14,16,18H,1,5,7-9,12-13,23H2,(H,25,26,29)/t16-,18+/m0/s1. The first kappa shape index (κ1) is 19.7. The van der Waals surface area contributed by atoms with Crippen LogP contribution in [0, 0.1) is 0 Å². The molecule has 2 aliphatic rings. The summed E-state index contributed by atoms with van der Waals surface area (Å²) in [4.78, 5) is 38.6. The number of carbonyl (C=O) groups excluding carboxylic acids is 1. The molecule has 9 heteroatoms. The van der Waals surface area contributed by atoms with Gasteiger partial charge >= 0.3 is 11.8 Å². The third-order valence-corrected chi connectivity index (χ3v) is 6.38. The Balaban J connectivity index is 1.27. The van der Waals surface area contributed by atoms with Crippen LogP contribution in [-0.4, -0.2) is 43.6 Å². The largest absolute Gasteiger partial charge is 0.440 e. The van der Waals surface area contributed by atoms with Gasteiger partial charge in [0.1, 0.15) is 6.10 Å². The number of pyridine rings is 2. The first-order valence-electron chi connectivity index (χ1n) is 10.8. The van der Waals surface area contributed by atoms with Crippen molar-refractivity contribution in [3.63, 3.8) is 0 Å². The first-order valence-corrected chi connectivity index (χ1v) is 10.8. The molecule has 3 N–H and O–H groups in total. The fraction of sp³-hybridized carbons (Fsp3) is 0.455. The predicted molar refractivity (Wildman–Crippen MR) is 114 cm³/mol. The van der Waals surface area contributed by atoms with Gasteiger partial charge in [0.05, 0.1) is 11.2 Å². The molecule has 9 nitrogen and oxygen atoms in total. The summed E-state index contributed by atoms with van der Waals surface area (Å²) in [5, 5.41) is 0. The molecule has 1 aliphatic heterocycles. The average Bonchev–Trinajstić information content (AvgIpc) is 3.05. The minimum Gasteiger partial charge on any atom is -0.440 e. The summed E-state index contributed by atoms with van der Waals surface area (Å²) in [7, 11) is 0. The summed E-state index contributed by atoms with van der Waals surface area (Å²) in [6.45, 7) is 1.06. The Morgan fingerprint density at radius 3 is 2.71 bits per heavy atom. The molecule has 1 saturated heterocycles. The van der Waals surface area contributed by atoms with Gasteiger partial charge in [-0.2, -0.15) is 0 Å². The van der Waals surface area contributed by atoms with Crippen LogP contribution in [0.1, 0.15) is 61.5 Å². The fourth-order valence-electron chi connectivity index (χ4n) is 4.77. The molecular formula is C22H26N6O3. The number of likely N-dealkylation sites (tertiary alicyclic amines) is 1. The number of carbonyl (C=O) groups is 1. The van der Waals surface area contributed by atoms with E-state index in [9.17, 15) is 9.59 Å². The highest BCUT2D eigenvalue weighted by Crippen LogP contribution is 2.34. The van der Waals surface area contributed by atoms with Crippen molar-refractivity contribution in [3.8, 4) is 0 Å². The maximum Gasteiger partial charge on any atom is 0.410 e. The van der Waals surface area contributed by atoms with Gasteiger partial charge in [0.25, 0.3) is 0 Å². The highest BCUT2D eigenvalue weighted by Gasteiger charge is 2.31. The number of H-pyrrole nitrogens is 1. The quantitative estimate of drug-likeness (QED) is 0.613. The van der Waals surface area contributed by atoms with E-state index < -0.39 is 0 Å². The van der Waals surface area contributed by atoms with Crippen LogP contribution >= 0.6 is 0 Å². The Kier molecular flexibility index (Phi) is 5.19. The van der Waals surface area contributed by atoms with Crippen molar-refractivity contribution in [3.05, 3.63) is 58.4 Å². The lowest BCUT2D eigenvalue weighted by atomic mass is 10.0. The minimum atomic E-state index is -0.378. The lowest BCUT2D eigenvalue weighted by Crippen LogP contribution is -2.41. The molecule has 31 heavy (non-hydrogen) atoms. The van der Waals surface area contributed by atoms with E-state index in [-0.39, 0.29) is 30.0 Å². The molecule has 1 amide bonds. The smallest absolute Gasteiger partial charge is 0.410 e. The number of hydrogen-bond acceptors (Lipinski definition) is 6. The van der Waals surface area contributed by atoms with Crippen LogP contribution in [0.2, 0.25) is 0 Å². The number of ether oxygens (including phenoxy) is 1. The Morgan fingerprint density at radius 1 is 1.10 bits per heavy atom. The lowest BCUT2D eigenvalue weighted by molar-refractivity contribution is 0.0477. The first-order chi connectivity index (χ1) is 15.1. The van der Waals surface area contributed by atoms with Crippen LogP contribution in [0.5, 0.6) is 0 Å². The van der Waals surface area contributed by atoms with Crippen molar-refractivity contribution < 1.29 is 9.53 Å². The maximum absolute atomic E-state index is 12.9. The van der Waals surface area contributed by atoms with Crippen LogP contribution in [0.15, 0.2) is 41.5 Å². The topological polar surface area (TPSA) is 119 Å². The molecule has 0 aromatic carbocycles. The second-order valence-corrected chi connectivity index (χ2v) is 8.28. The second-order valence-electron chi connectivity index (χ2n) is 8.28. The van der Waals surface area contributed by atoms with Crippen LogP contribution in [0.4, 0.5) is 4.79 Å². The van der Waals surface area contributed by atoms with E-state index in [4.69, 9.17) is 10.5 Å². The molecule has 1 fully saturated rings. The van der Waals surface area contributed by atoms with Crippen LogP contribution < -0.4 is 11.4 Å². The number of rotatable bonds is 2. The number of piperidine rings is 1. The number of fused-ring (bicyclic) bond motifs is 2. The third kappa shape index (κ3) is 3.69. The van der Waals surface area contributed by atoms with Gasteiger partial charge in [-0.15, -0.1) is 0 Å². The van der Waals surface area contributed by atoms with Gasteiger partial charge in [0.15, 0.2) is 5.65 Å². The van der Waals surface area contributed by atoms with Crippen LogP contribution in [0.3, 0.4) is 0 Å². The number of aromatic amines is 1. The van der Waals surface area contributed by atoms with E-state index >= 15 is 0 Å². The molecule has 2 atom stereocenters. The third-order valence-electron chi connectivity index (χ3n) is 6.38. The van der Waals surface area contributed by atoms with Gasteiger partial charge in [-0.25, -0.2) is 14.6 Å². The normalized spacial score (nSPS) is 22.2. The Hall–Kier alpha value is -3.20. The maximum atomic E-state index is 12.9. The number of nitrogens with two attached hydrogens (primary N) is 1. The van der Waals surface area contributed by atoms with Gasteiger partial charge < -0.3 is 15.4 Å². The molecule has 0 bridgehead atoms. The van der Waals surface area contributed by atoms with Crippen molar-refractivity contribution in [2.24, 2.45) is 5.73 Å². The monoisotopic (exact) mass is 422 g/mol. The van der Waals surface area contributed by atoms with Crippen molar-refractivity contribution in [1.82, 2.24) is 24.4 Å². The summed E-state index contributed by atoms with van der Waals surface area (Å²) < 4.78 is 7.65. The average molecular weight is 422 g/mol. The van der Waals surface area contributed by atoms with Crippen molar-refractivity contribution in [1.29, 1.82) is 0 Å². The fourth-order valence-corrected chi connectivity index (χ4v) is 4.77. The summed E-state index contributed by atoms with van der Waals surface area (Å²) in [6.07, 6.45) is 6.49. The zero-order valence-electron chi connectivity index (χ0n) is 17.2. The number of nitrogens with zero attached hydrogens (tertiary/aromatic N) is 4.